The van der Waals surface area contributed by atoms with E-state index in [2.05, 4.69) is 4.99 Å². The van der Waals surface area contributed by atoms with E-state index >= 15 is 0 Å². The zero-order valence-electron chi connectivity index (χ0n) is 15.9. The van der Waals surface area contributed by atoms with Crippen LogP contribution in [0.15, 0.2) is 71.4 Å². The molecule has 0 spiro atoms. The standard InChI is InChI=1S/C22H17N3O5/c26-20-9-4-14-24(20)17-12-10-16(11-13-17)21-23-18(22(27)30-21)7-3-6-15-5-1-2-8-19(15)25(28)29/h1-3,5-8,10-13H,4,9,14H2/b6-3+,18-7-. The number of ether oxygens (including phenoxy) is 1. The Morgan fingerprint density at radius 2 is 1.87 bits per heavy atom. The van der Waals surface area contributed by atoms with Crippen LogP contribution in [0.2, 0.25) is 0 Å². The summed E-state index contributed by atoms with van der Waals surface area (Å²) in [6, 6.07) is 13.4. The van der Waals surface area contributed by atoms with Gasteiger partial charge in [-0.25, -0.2) is 9.79 Å². The average molecular weight is 403 g/mol. The maximum Gasteiger partial charge on any atom is 0.363 e. The summed E-state index contributed by atoms with van der Waals surface area (Å²) >= 11 is 0. The van der Waals surface area contributed by atoms with Crippen molar-refractivity contribution in [2.45, 2.75) is 12.8 Å². The molecule has 0 saturated carbocycles. The Hall–Kier alpha value is -4.07. The van der Waals surface area contributed by atoms with Gasteiger partial charge in [-0.15, -0.1) is 0 Å². The average Bonchev–Trinajstić information content (AvgIpc) is 3.34. The second-order valence-corrected chi connectivity index (χ2v) is 6.73. The highest BCUT2D eigenvalue weighted by Gasteiger charge is 2.25. The van der Waals surface area contributed by atoms with Gasteiger partial charge in [-0.1, -0.05) is 18.2 Å². The van der Waals surface area contributed by atoms with Crippen LogP contribution in [0.3, 0.4) is 0 Å². The van der Waals surface area contributed by atoms with Crippen molar-refractivity contribution in [3.63, 3.8) is 0 Å². The molecule has 150 valence electrons. The third-order valence-corrected chi connectivity index (χ3v) is 4.78. The molecule has 4 rings (SSSR count). The molecule has 8 heteroatoms. The monoisotopic (exact) mass is 403 g/mol. The molecule has 2 aromatic rings. The first kappa shape index (κ1) is 19.3. The number of allylic oxidation sites excluding steroid dienone is 2. The lowest BCUT2D eigenvalue weighted by molar-refractivity contribution is -0.385. The predicted molar refractivity (Wildman–Crippen MR) is 111 cm³/mol. The minimum absolute atomic E-state index is 0.0260. The lowest BCUT2D eigenvalue weighted by atomic mass is 10.1. The second kappa shape index (κ2) is 8.12. The Kier molecular flexibility index (Phi) is 5.21. The zero-order chi connectivity index (χ0) is 21.1. The van der Waals surface area contributed by atoms with Gasteiger partial charge in [0, 0.05) is 30.3 Å². The number of carbonyl (C=O) groups excluding carboxylic acids is 2. The highest BCUT2D eigenvalue weighted by Crippen LogP contribution is 2.24. The number of esters is 1. The fourth-order valence-electron chi connectivity index (χ4n) is 3.29. The number of hydrogen-bond acceptors (Lipinski definition) is 6. The van der Waals surface area contributed by atoms with Crippen LogP contribution in [-0.2, 0) is 14.3 Å². The third-order valence-electron chi connectivity index (χ3n) is 4.78. The Labute approximate surface area is 171 Å². The normalized spacial score (nSPS) is 17.7. The number of hydrogen-bond donors (Lipinski definition) is 0. The Morgan fingerprint density at radius 1 is 1.10 bits per heavy atom. The van der Waals surface area contributed by atoms with E-state index in [1.807, 2.05) is 0 Å². The molecule has 0 N–H and O–H groups in total. The lowest BCUT2D eigenvalue weighted by Crippen LogP contribution is -2.23. The summed E-state index contributed by atoms with van der Waals surface area (Å²) in [6.45, 7) is 0.701. The largest absolute Gasteiger partial charge is 0.402 e. The quantitative estimate of drug-likeness (QED) is 0.328. The minimum atomic E-state index is -0.601. The van der Waals surface area contributed by atoms with Gasteiger partial charge in [-0.05, 0) is 48.9 Å². The summed E-state index contributed by atoms with van der Waals surface area (Å²) < 4.78 is 5.23. The molecule has 1 saturated heterocycles. The smallest absolute Gasteiger partial charge is 0.363 e. The number of rotatable bonds is 5. The highest BCUT2D eigenvalue weighted by molar-refractivity contribution is 6.11. The van der Waals surface area contributed by atoms with Crippen molar-refractivity contribution in [1.29, 1.82) is 0 Å². The maximum atomic E-state index is 12.1. The van der Waals surface area contributed by atoms with Crippen LogP contribution in [-0.4, -0.2) is 29.2 Å². The number of para-hydroxylation sites is 1. The first-order chi connectivity index (χ1) is 14.5. The Bertz CT molecular complexity index is 1120. The molecular formula is C22H17N3O5. The van der Waals surface area contributed by atoms with Crippen LogP contribution in [0, 0.1) is 10.1 Å². The fourth-order valence-corrected chi connectivity index (χ4v) is 3.29. The van der Waals surface area contributed by atoms with Gasteiger partial charge in [0.1, 0.15) is 0 Å². The molecule has 0 atom stereocenters. The van der Waals surface area contributed by atoms with Crippen LogP contribution < -0.4 is 4.90 Å². The number of amides is 1. The van der Waals surface area contributed by atoms with Crippen molar-refractivity contribution < 1.29 is 19.2 Å². The number of anilines is 1. The lowest BCUT2D eigenvalue weighted by Gasteiger charge is -2.15. The van der Waals surface area contributed by atoms with Crippen molar-refractivity contribution in [3.8, 4) is 0 Å². The molecule has 0 bridgehead atoms. The van der Waals surface area contributed by atoms with E-state index in [4.69, 9.17) is 4.74 Å². The molecule has 30 heavy (non-hydrogen) atoms. The van der Waals surface area contributed by atoms with Gasteiger partial charge in [0.15, 0.2) is 5.70 Å². The van der Waals surface area contributed by atoms with Crippen LogP contribution in [0.25, 0.3) is 6.08 Å². The number of nitro groups is 1. The van der Waals surface area contributed by atoms with E-state index in [1.165, 1.54) is 24.3 Å². The van der Waals surface area contributed by atoms with E-state index < -0.39 is 10.9 Å². The summed E-state index contributed by atoms with van der Waals surface area (Å²) in [5.74, 6) is -0.330. The minimum Gasteiger partial charge on any atom is -0.402 e. The molecule has 0 aliphatic carbocycles. The third kappa shape index (κ3) is 3.88. The first-order valence-corrected chi connectivity index (χ1v) is 9.36. The van der Waals surface area contributed by atoms with Crippen molar-refractivity contribution in [2.75, 3.05) is 11.4 Å². The first-order valence-electron chi connectivity index (χ1n) is 9.36. The topological polar surface area (TPSA) is 102 Å². The number of carbonyl (C=O) groups is 2. The summed E-state index contributed by atoms with van der Waals surface area (Å²) in [5, 5.41) is 11.1. The Morgan fingerprint density at radius 3 is 2.57 bits per heavy atom. The van der Waals surface area contributed by atoms with E-state index in [1.54, 1.807) is 47.4 Å². The van der Waals surface area contributed by atoms with E-state index in [0.29, 0.717) is 24.1 Å². The van der Waals surface area contributed by atoms with Gasteiger partial charge in [-0.2, -0.15) is 0 Å². The molecular weight excluding hydrogens is 386 g/mol. The van der Waals surface area contributed by atoms with E-state index in [-0.39, 0.29) is 23.2 Å². The van der Waals surface area contributed by atoms with Gasteiger partial charge in [0.2, 0.25) is 11.8 Å². The van der Waals surface area contributed by atoms with Crippen molar-refractivity contribution in [1.82, 2.24) is 0 Å². The van der Waals surface area contributed by atoms with Crippen LogP contribution in [0.1, 0.15) is 24.0 Å². The van der Waals surface area contributed by atoms with Gasteiger partial charge in [0.25, 0.3) is 5.69 Å². The molecule has 2 aromatic carbocycles. The molecule has 2 aliphatic heterocycles. The number of nitrogens with zero attached hydrogens (tertiary/aromatic N) is 3. The summed E-state index contributed by atoms with van der Waals surface area (Å²) in [6.07, 6.45) is 5.91. The maximum absolute atomic E-state index is 12.1. The molecule has 1 amide bonds. The van der Waals surface area contributed by atoms with Crippen molar-refractivity contribution >= 4 is 35.2 Å². The molecule has 0 unspecified atom stereocenters. The van der Waals surface area contributed by atoms with Gasteiger partial charge in [-0.3, -0.25) is 14.9 Å². The summed E-state index contributed by atoms with van der Waals surface area (Å²) in [4.78, 5) is 40.5. The summed E-state index contributed by atoms with van der Waals surface area (Å²) in [5.41, 5.74) is 1.90. The SMILES string of the molecule is O=C1OC(c2ccc(N3CCCC3=O)cc2)=N/C1=C\C=C\c1ccccc1[N+](=O)[O-]. The molecule has 8 nitrogen and oxygen atoms in total. The molecule has 1 fully saturated rings. The van der Waals surface area contributed by atoms with Crippen molar-refractivity contribution in [2.24, 2.45) is 4.99 Å². The number of nitro benzene ring substituents is 1. The second-order valence-electron chi connectivity index (χ2n) is 6.73. The number of aliphatic imine (C=N–C) groups is 1. The van der Waals surface area contributed by atoms with E-state index in [9.17, 15) is 19.7 Å². The van der Waals surface area contributed by atoms with Crippen LogP contribution in [0.5, 0.6) is 0 Å². The Balaban J connectivity index is 1.51. The zero-order valence-corrected chi connectivity index (χ0v) is 15.9. The van der Waals surface area contributed by atoms with Gasteiger partial charge < -0.3 is 9.64 Å². The molecule has 2 heterocycles. The van der Waals surface area contributed by atoms with Crippen LogP contribution in [0.4, 0.5) is 11.4 Å². The van der Waals surface area contributed by atoms with Gasteiger partial charge >= 0.3 is 5.97 Å². The number of cyclic esters (lactones) is 1. The molecule has 2 aliphatic rings. The van der Waals surface area contributed by atoms with Crippen LogP contribution >= 0.6 is 0 Å². The summed E-state index contributed by atoms with van der Waals surface area (Å²) in [7, 11) is 0. The fraction of sp³-hybridized carbons (Fsp3) is 0.136. The van der Waals surface area contributed by atoms with E-state index in [0.717, 1.165) is 12.1 Å². The number of benzene rings is 2. The van der Waals surface area contributed by atoms with Crippen molar-refractivity contribution in [3.05, 3.63) is 87.6 Å². The van der Waals surface area contributed by atoms with Gasteiger partial charge in [0.05, 0.1) is 10.5 Å². The molecule has 0 radical (unpaired) electrons. The predicted octanol–water partition coefficient (Wildman–Crippen LogP) is 3.62. The molecule has 0 aromatic heterocycles. The highest BCUT2D eigenvalue weighted by atomic mass is 16.6.